The third-order valence-corrected chi connectivity index (χ3v) is 3.21. The van der Waals surface area contributed by atoms with Gasteiger partial charge in [-0.25, -0.2) is 4.79 Å². The quantitative estimate of drug-likeness (QED) is 0.766. The minimum Gasteiger partial charge on any atom is -0.325 e. The summed E-state index contributed by atoms with van der Waals surface area (Å²) in [5.74, 6) is 0. The highest BCUT2D eigenvalue weighted by atomic mass is 16.2. The normalized spacial score (nSPS) is 17.6. The first-order valence-corrected chi connectivity index (χ1v) is 5.77. The zero-order chi connectivity index (χ0) is 11.5. The van der Waals surface area contributed by atoms with Crippen LogP contribution in [0.2, 0.25) is 0 Å². The van der Waals surface area contributed by atoms with Crippen molar-refractivity contribution in [3.8, 4) is 0 Å². The fourth-order valence-electron chi connectivity index (χ4n) is 2.45. The van der Waals surface area contributed by atoms with Crippen molar-refractivity contribution in [3.05, 3.63) is 32.6 Å². The molecule has 0 atom stereocenters. The molecule has 0 aliphatic heterocycles. The minimum atomic E-state index is -0.363. The SMILES string of the molecule is NCc1cc(=O)[nH]c(=O)n1C1CCCCC1. The standard InChI is InChI=1S/C11H17N3O2/c12-7-9-6-10(15)13-11(16)14(9)8-4-2-1-3-5-8/h6,8H,1-5,7,12H2,(H,13,15,16). The molecule has 1 aromatic rings. The zero-order valence-corrected chi connectivity index (χ0v) is 9.24. The molecule has 1 fully saturated rings. The van der Waals surface area contributed by atoms with Crippen LogP contribution in [-0.2, 0) is 6.54 Å². The second kappa shape index (κ2) is 4.65. The third-order valence-electron chi connectivity index (χ3n) is 3.21. The second-order valence-electron chi connectivity index (χ2n) is 4.30. The zero-order valence-electron chi connectivity index (χ0n) is 9.24. The van der Waals surface area contributed by atoms with Crippen LogP contribution >= 0.6 is 0 Å². The van der Waals surface area contributed by atoms with E-state index < -0.39 is 0 Å². The molecule has 0 unspecified atom stereocenters. The van der Waals surface area contributed by atoms with Crippen molar-refractivity contribution in [3.63, 3.8) is 0 Å². The summed E-state index contributed by atoms with van der Waals surface area (Å²) in [6.07, 6.45) is 5.50. The first-order chi connectivity index (χ1) is 7.72. The Bertz CT molecular complexity index is 469. The van der Waals surface area contributed by atoms with Crippen LogP contribution in [0.4, 0.5) is 0 Å². The highest BCUT2D eigenvalue weighted by Crippen LogP contribution is 2.27. The van der Waals surface area contributed by atoms with Crippen LogP contribution in [-0.4, -0.2) is 9.55 Å². The van der Waals surface area contributed by atoms with Gasteiger partial charge >= 0.3 is 5.69 Å². The molecule has 0 radical (unpaired) electrons. The number of rotatable bonds is 2. The molecule has 0 aromatic carbocycles. The number of aromatic amines is 1. The van der Waals surface area contributed by atoms with Crippen molar-refractivity contribution >= 4 is 0 Å². The van der Waals surface area contributed by atoms with Crippen molar-refractivity contribution in [1.82, 2.24) is 9.55 Å². The van der Waals surface area contributed by atoms with Gasteiger partial charge in [0.1, 0.15) is 0 Å². The van der Waals surface area contributed by atoms with Gasteiger partial charge in [-0.1, -0.05) is 19.3 Å². The molecule has 16 heavy (non-hydrogen) atoms. The van der Waals surface area contributed by atoms with Gasteiger partial charge in [0.05, 0.1) is 0 Å². The Balaban J connectivity index is 2.45. The lowest BCUT2D eigenvalue weighted by Gasteiger charge is -2.25. The fraction of sp³-hybridized carbons (Fsp3) is 0.636. The predicted molar refractivity (Wildman–Crippen MR) is 61.3 cm³/mol. The molecule has 5 nitrogen and oxygen atoms in total. The lowest BCUT2D eigenvalue weighted by atomic mass is 9.95. The number of H-pyrrole nitrogens is 1. The summed E-state index contributed by atoms with van der Waals surface area (Å²) >= 11 is 0. The van der Waals surface area contributed by atoms with Crippen LogP contribution in [0.3, 0.4) is 0 Å². The average Bonchev–Trinajstić information content (AvgIpc) is 2.29. The van der Waals surface area contributed by atoms with Crippen molar-refractivity contribution < 1.29 is 0 Å². The Labute approximate surface area is 93.3 Å². The Hall–Kier alpha value is -1.36. The summed E-state index contributed by atoms with van der Waals surface area (Å²) < 4.78 is 1.67. The van der Waals surface area contributed by atoms with Crippen molar-refractivity contribution in [1.29, 1.82) is 0 Å². The van der Waals surface area contributed by atoms with Crippen LogP contribution in [0.25, 0.3) is 0 Å². The summed E-state index contributed by atoms with van der Waals surface area (Å²) in [6.45, 7) is 0.232. The molecule has 0 saturated heterocycles. The molecule has 3 N–H and O–H groups in total. The van der Waals surface area contributed by atoms with E-state index in [2.05, 4.69) is 4.98 Å². The van der Waals surface area contributed by atoms with Gasteiger partial charge in [0.25, 0.3) is 5.56 Å². The molecule has 1 aromatic heterocycles. The molecule has 0 amide bonds. The van der Waals surface area contributed by atoms with E-state index in [1.54, 1.807) is 4.57 Å². The van der Waals surface area contributed by atoms with Crippen LogP contribution in [0.15, 0.2) is 15.7 Å². The number of hydrogen-bond donors (Lipinski definition) is 2. The van der Waals surface area contributed by atoms with E-state index in [1.165, 1.54) is 12.5 Å². The number of aromatic nitrogens is 2. The summed E-state index contributed by atoms with van der Waals surface area (Å²) in [5, 5.41) is 0. The maximum Gasteiger partial charge on any atom is 0.328 e. The molecule has 1 heterocycles. The molecule has 1 saturated carbocycles. The van der Waals surface area contributed by atoms with Gasteiger partial charge in [-0.15, -0.1) is 0 Å². The van der Waals surface area contributed by atoms with Gasteiger partial charge in [-0.2, -0.15) is 0 Å². The minimum absolute atomic E-state index is 0.205. The second-order valence-corrected chi connectivity index (χ2v) is 4.30. The maximum atomic E-state index is 11.8. The Morgan fingerprint density at radius 3 is 2.62 bits per heavy atom. The molecular weight excluding hydrogens is 206 g/mol. The largest absolute Gasteiger partial charge is 0.328 e. The molecule has 88 valence electrons. The van der Waals surface area contributed by atoms with E-state index in [-0.39, 0.29) is 23.8 Å². The average molecular weight is 223 g/mol. The lowest BCUT2D eigenvalue weighted by Crippen LogP contribution is -2.36. The Morgan fingerprint density at radius 1 is 1.31 bits per heavy atom. The van der Waals surface area contributed by atoms with E-state index in [1.807, 2.05) is 0 Å². The van der Waals surface area contributed by atoms with Crippen LogP contribution in [0, 0.1) is 0 Å². The number of nitrogens with zero attached hydrogens (tertiary/aromatic N) is 1. The highest BCUT2D eigenvalue weighted by molar-refractivity contribution is 5.03. The molecule has 0 spiro atoms. The maximum absolute atomic E-state index is 11.8. The first-order valence-electron chi connectivity index (χ1n) is 5.77. The fourth-order valence-corrected chi connectivity index (χ4v) is 2.45. The van der Waals surface area contributed by atoms with Gasteiger partial charge in [-0.3, -0.25) is 14.3 Å². The summed E-state index contributed by atoms with van der Waals surface area (Å²) in [5.41, 5.74) is 5.54. The summed E-state index contributed by atoms with van der Waals surface area (Å²) in [7, 11) is 0. The molecule has 5 heteroatoms. The molecule has 1 aliphatic rings. The van der Waals surface area contributed by atoms with Crippen LogP contribution in [0.5, 0.6) is 0 Å². The monoisotopic (exact) mass is 223 g/mol. The number of nitrogens with one attached hydrogen (secondary N) is 1. The predicted octanol–water partition coefficient (Wildman–Crippen LogP) is 0.500. The Morgan fingerprint density at radius 2 is 2.00 bits per heavy atom. The molecule has 1 aliphatic carbocycles. The molecular formula is C11H17N3O2. The van der Waals surface area contributed by atoms with Gasteiger partial charge in [-0.05, 0) is 12.8 Å². The van der Waals surface area contributed by atoms with E-state index >= 15 is 0 Å². The third kappa shape index (κ3) is 2.09. The van der Waals surface area contributed by atoms with E-state index in [9.17, 15) is 9.59 Å². The smallest absolute Gasteiger partial charge is 0.325 e. The van der Waals surface area contributed by atoms with E-state index in [0.29, 0.717) is 5.69 Å². The summed E-state index contributed by atoms with van der Waals surface area (Å²) in [4.78, 5) is 25.3. The van der Waals surface area contributed by atoms with E-state index in [0.717, 1.165) is 25.7 Å². The number of hydrogen-bond acceptors (Lipinski definition) is 3. The van der Waals surface area contributed by atoms with Gasteiger partial charge in [0.2, 0.25) is 0 Å². The van der Waals surface area contributed by atoms with Crippen molar-refractivity contribution in [2.45, 2.75) is 44.7 Å². The topological polar surface area (TPSA) is 80.9 Å². The van der Waals surface area contributed by atoms with Crippen LogP contribution in [0.1, 0.15) is 43.8 Å². The van der Waals surface area contributed by atoms with Gasteiger partial charge < -0.3 is 5.73 Å². The van der Waals surface area contributed by atoms with Crippen molar-refractivity contribution in [2.75, 3.05) is 0 Å². The molecule has 0 bridgehead atoms. The first kappa shape index (κ1) is 11.1. The van der Waals surface area contributed by atoms with Crippen LogP contribution < -0.4 is 17.0 Å². The summed E-state index contributed by atoms with van der Waals surface area (Å²) in [6, 6.07) is 1.63. The van der Waals surface area contributed by atoms with Gasteiger partial charge in [0.15, 0.2) is 0 Å². The van der Waals surface area contributed by atoms with E-state index in [4.69, 9.17) is 5.73 Å². The lowest BCUT2D eigenvalue weighted by molar-refractivity contribution is 0.334. The molecule has 2 rings (SSSR count). The highest BCUT2D eigenvalue weighted by Gasteiger charge is 2.18. The Kier molecular flexibility index (Phi) is 3.24. The number of nitrogens with two attached hydrogens (primary N) is 1. The van der Waals surface area contributed by atoms with Gasteiger partial charge in [0, 0.05) is 24.3 Å². The van der Waals surface area contributed by atoms with Crippen molar-refractivity contribution in [2.24, 2.45) is 5.73 Å².